The number of hydrogen-bond acceptors (Lipinski definition) is 3. The number of fused-ring (bicyclic) bond motifs is 3. The van der Waals surface area contributed by atoms with Crippen LogP contribution in [0.5, 0.6) is 0 Å². The number of ether oxygens (including phenoxy) is 1. The first-order chi connectivity index (χ1) is 15.0. The highest BCUT2D eigenvalue weighted by Crippen LogP contribution is 2.47. The van der Waals surface area contributed by atoms with Crippen molar-refractivity contribution in [2.45, 2.75) is 24.9 Å². The Balaban J connectivity index is 1.74. The van der Waals surface area contributed by atoms with E-state index in [1.165, 1.54) is 12.0 Å². The van der Waals surface area contributed by atoms with Crippen molar-refractivity contribution in [1.82, 2.24) is 4.90 Å². The molecule has 1 aliphatic carbocycles. The smallest absolute Gasteiger partial charge is 0.411 e. The summed E-state index contributed by atoms with van der Waals surface area (Å²) in [6, 6.07) is 21.2. The number of carbonyl (C=O) groups excluding carboxylic acids is 1. The minimum absolute atomic E-state index is 0.243. The third-order valence-electron chi connectivity index (χ3n) is 5.71. The maximum absolute atomic E-state index is 12.9. The molecule has 5 nitrogen and oxygen atoms in total. The van der Waals surface area contributed by atoms with Crippen molar-refractivity contribution >= 4 is 23.7 Å². The molecule has 0 radical (unpaired) electrons. The second-order valence-corrected chi connectivity index (χ2v) is 7.91. The lowest BCUT2D eigenvalue weighted by Gasteiger charge is -2.34. The van der Waals surface area contributed by atoms with Crippen LogP contribution in [0.15, 0.2) is 72.8 Å². The van der Waals surface area contributed by atoms with Crippen LogP contribution in [-0.4, -0.2) is 35.2 Å². The van der Waals surface area contributed by atoms with Gasteiger partial charge in [-0.2, -0.15) is 0 Å². The van der Waals surface area contributed by atoms with Gasteiger partial charge in [0.1, 0.15) is 6.04 Å². The SMILES string of the molecule is COC(=O)N(C1c2ccccc2-c2ccccc21)[C@@H](CCc1ccc(Cl)cc1)C(=O)O. The third-order valence-corrected chi connectivity index (χ3v) is 5.96. The molecule has 3 aromatic rings. The van der Waals surface area contributed by atoms with Gasteiger partial charge in [-0.05, 0) is 52.8 Å². The van der Waals surface area contributed by atoms with Crippen molar-refractivity contribution in [3.05, 3.63) is 94.5 Å². The van der Waals surface area contributed by atoms with Crippen LogP contribution in [0.25, 0.3) is 11.1 Å². The number of benzene rings is 3. The first kappa shape index (κ1) is 20.9. The maximum atomic E-state index is 12.9. The lowest BCUT2D eigenvalue weighted by atomic mass is 9.98. The molecule has 0 unspecified atom stereocenters. The molecule has 1 amide bonds. The fourth-order valence-electron chi connectivity index (χ4n) is 4.28. The number of carbonyl (C=O) groups is 2. The lowest BCUT2D eigenvalue weighted by molar-refractivity contribution is -0.143. The molecule has 0 bridgehead atoms. The van der Waals surface area contributed by atoms with Crippen LogP contribution in [0.3, 0.4) is 0 Å². The average Bonchev–Trinajstić information content (AvgIpc) is 3.11. The Morgan fingerprint density at radius 2 is 1.52 bits per heavy atom. The van der Waals surface area contributed by atoms with Crippen LogP contribution >= 0.6 is 11.6 Å². The number of nitrogens with zero attached hydrogens (tertiary/aromatic N) is 1. The van der Waals surface area contributed by atoms with E-state index in [0.29, 0.717) is 11.4 Å². The molecule has 31 heavy (non-hydrogen) atoms. The molecule has 0 saturated heterocycles. The number of aliphatic carboxylic acids is 1. The van der Waals surface area contributed by atoms with E-state index in [9.17, 15) is 14.7 Å². The summed E-state index contributed by atoms with van der Waals surface area (Å²) in [4.78, 5) is 26.7. The molecule has 1 atom stereocenters. The number of methoxy groups -OCH3 is 1. The van der Waals surface area contributed by atoms with Crippen molar-refractivity contribution in [2.24, 2.45) is 0 Å². The molecular formula is C25H22ClNO4. The molecule has 0 heterocycles. The molecular weight excluding hydrogens is 414 g/mol. The summed E-state index contributed by atoms with van der Waals surface area (Å²) >= 11 is 5.95. The van der Waals surface area contributed by atoms with E-state index in [1.807, 2.05) is 60.7 Å². The van der Waals surface area contributed by atoms with Crippen molar-refractivity contribution in [1.29, 1.82) is 0 Å². The van der Waals surface area contributed by atoms with Gasteiger partial charge < -0.3 is 9.84 Å². The fraction of sp³-hybridized carbons (Fsp3) is 0.200. The molecule has 1 N–H and O–H groups in total. The quantitative estimate of drug-likeness (QED) is 0.550. The van der Waals surface area contributed by atoms with Crippen LogP contribution in [0, 0.1) is 0 Å². The lowest BCUT2D eigenvalue weighted by Crippen LogP contribution is -2.47. The predicted molar refractivity (Wildman–Crippen MR) is 119 cm³/mol. The minimum atomic E-state index is -1.07. The maximum Gasteiger partial charge on any atom is 0.411 e. The van der Waals surface area contributed by atoms with Crippen LogP contribution in [-0.2, 0) is 16.0 Å². The first-order valence-electron chi connectivity index (χ1n) is 10.0. The van der Waals surface area contributed by atoms with E-state index >= 15 is 0 Å². The second kappa shape index (κ2) is 8.82. The van der Waals surface area contributed by atoms with Gasteiger partial charge in [0.05, 0.1) is 13.2 Å². The third kappa shape index (κ3) is 4.01. The van der Waals surface area contributed by atoms with Gasteiger partial charge in [-0.25, -0.2) is 9.59 Å². The van der Waals surface area contributed by atoms with Gasteiger partial charge >= 0.3 is 12.1 Å². The molecule has 1 aliphatic rings. The topological polar surface area (TPSA) is 66.8 Å². The summed E-state index contributed by atoms with van der Waals surface area (Å²) in [5, 5.41) is 10.7. The Labute approximate surface area is 185 Å². The number of amides is 1. The van der Waals surface area contributed by atoms with Crippen molar-refractivity contribution in [3.63, 3.8) is 0 Å². The molecule has 158 valence electrons. The highest BCUT2D eigenvalue weighted by molar-refractivity contribution is 6.30. The predicted octanol–water partition coefficient (Wildman–Crippen LogP) is 5.56. The van der Waals surface area contributed by atoms with Crippen molar-refractivity contribution < 1.29 is 19.4 Å². The van der Waals surface area contributed by atoms with E-state index < -0.39 is 24.1 Å². The number of carboxylic acids is 1. The first-order valence-corrected chi connectivity index (χ1v) is 10.4. The number of rotatable bonds is 6. The summed E-state index contributed by atoms with van der Waals surface area (Å²) < 4.78 is 5.06. The van der Waals surface area contributed by atoms with Gasteiger partial charge in [-0.3, -0.25) is 4.90 Å². The molecule has 4 rings (SSSR count). The number of hydrogen-bond donors (Lipinski definition) is 1. The average molecular weight is 436 g/mol. The van der Waals surface area contributed by atoms with Crippen molar-refractivity contribution in [3.8, 4) is 11.1 Å². The Hall–Kier alpha value is -3.31. The van der Waals surface area contributed by atoms with Crippen LogP contribution in [0.2, 0.25) is 5.02 Å². The van der Waals surface area contributed by atoms with E-state index in [1.54, 1.807) is 12.1 Å². The molecule has 0 saturated carbocycles. The molecule has 3 aromatic carbocycles. The van der Waals surface area contributed by atoms with E-state index in [0.717, 1.165) is 27.8 Å². The van der Waals surface area contributed by atoms with Crippen LogP contribution in [0.1, 0.15) is 29.2 Å². The molecule has 0 aromatic heterocycles. The Kier molecular flexibility index (Phi) is 5.96. The van der Waals surface area contributed by atoms with Gasteiger partial charge in [-0.1, -0.05) is 72.3 Å². The van der Waals surface area contributed by atoms with Gasteiger partial charge in [0.25, 0.3) is 0 Å². The van der Waals surface area contributed by atoms with Crippen LogP contribution in [0.4, 0.5) is 4.79 Å². The van der Waals surface area contributed by atoms with E-state index in [-0.39, 0.29) is 6.42 Å². The van der Waals surface area contributed by atoms with Gasteiger partial charge in [0.15, 0.2) is 0 Å². The summed E-state index contributed by atoms with van der Waals surface area (Å²) in [7, 11) is 1.28. The molecule has 6 heteroatoms. The molecule has 0 spiro atoms. The highest BCUT2D eigenvalue weighted by Gasteiger charge is 2.41. The summed E-state index contributed by atoms with van der Waals surface area (Å²) in [6.45, 7) is 0. The number of aryl methyl sites for hydroxylation is 1. The highest BCUT2D eigenvalue weighted by atomic mass is 35.5. The summed E-state index contributed by atoms with van der Waals surface area (Å²) in [5.74, 6) is -1.07. The van der Waals surface area contributed by atoms with Gasteiger partial charge in [0.2, 0.25) is 0 Å². The number of halogens is 1. The standard InChI is InChI=1S/C25H22ClNO4/c1-31-25(30)27(22(24(28)29)15-12-16-10-13-17(26)14-11-16)23-20-8-4-2-6-18(20)19-7-3-5-9-21(19)23/h2-11,13-14,22-23H,12,15H2,1H3,(H,28,29)/t22-/m0/s1. The zero-order chi connectivity index (χ0) is 22.0. The summed E-state index contributed by atoms with van der Waals surface area (Å²) in [6.07, 6.45) is 0.0601. The van der Waals surface area contributed by atoms with Gasteiger partial charge in [0, 0.05) is 5.02 Å². The monoisotopic (exact) mass is 435 g/mol. The van der Waals surface area contributed by atoms with E-state index in [2.05, 4.69) is 0 Å². The Morgan fingerprint density at radius 3 is 2.03 bits per heavy atom. The van der Waals surface area contributed by atoms with Gasteiger partial charge in [-0.15, -0.1) is 0 Å². The van der Waals surface area contributed by atoms with Crippen molar-refractivity contribution in [2.75, 3.05) is 7.11 Å². The Bertz CT molecular complexity index is 1070. The largest absolute Gasteiger partial charge is 0.480 e. The molecule has 0 aliphatic heterocycles. The van der Waals surface area contributed by atoms with E-state index in [4.69, 9.17) is 16.3 Å². The molecule has 0 fully saturated rings. The normalized spacial score (nSPS) is 13.2. The zero-order valence-electron chi connectivity index (χ0n) is 17.0. The fourth-order valence-corrected chi connectivity index (χ4v) is 4.41. The zero-order valence-corrected chi connectivity index (χ0v) is 17.8. The van der Waals surface area contributed by atoms with Crippen LogP contribution < -0.4 is 0 Å². The minimum Gasteiger partial charge on any atom is -0.480 e. The Morgan fingerprint density at radius 1 is 0.968 bits per heavy atom. The number of carboxylic acid groups (broad SMARTS) is 1. The second-order valence-electron chi connectivity index (χ2n) is 7.47. The summed E-state index contributed by atoms with van der Waals surface area (Å²) in [5.41, 5.74) is 4.74.